The van der Waals surface area contributed by atoms with Crippen LogP contribution in [0.4, 0.5) is 8.78 Å². The molecule has 0 saturated heterocycles. The first-order chi connectivity index (χ1) is 15.2. The number of aliphatic hydroxyl groups is 1. The van der Waals surface area contributed by atoms with E-state index in [9.17, 15) is 22.3 Å². The van der Waals surface area contributed by atoms with Crippen molar-refractivity contribution in [1.82, 2.24) is 19.2 Å². The van der Waals surface area contributed by atoms with E-state index in [1.807, 2.05) is 0 Å². The van der Waals surface area contributed by atoms with Crippen molar-refractivity contribution in [3.05, 3.63) is 59.7 Å². The van der Waals surface area contributed by atoms with Gasteiger partial charge in [0.05, 0.1) is 38.4 Å². The first-order valence-electron chi connectivity index (χ1n) is 9.16. The Morgan fingerprint density at radius 3 is 2.31 bits per heavy atom. The molecule has 12 heteroatoms. The van der Waals surface area contributed by atoms with E-state index in [-0.39, 0.29) is 17.1 Å². The van der Waals surface area contributed by atoms with Gasteiger partial charge in [0.15, 0.2) is 23.1 Å². The van der Waals surface area contributed by atoms with E-state index in [1.54, 1.807) is 6.07 Å². The van der Waals surface area contributed by atoms with Gasteiger partial charge in [-0.25, -0.2) is 22.2 Å². The van der Waals surface area contributed by atoms with Gasteiger partial charge < -0.3 is 19.6 Å². The highest BCUT2D eigenvalue weighted by atomic mass is 32.2. The molecule has 9 nitrogen and oxygen atoms in total. The minimum atomic E-state index is -3.57. The van der Waals surface area contributed by atoms with Crippen molar-refractivity contribution in [2.24, 2.45) is 0 Å². The van der Waals surface area contributed by atoms with Crippen LogP contribution in [0.15, 0.2) is 36.9 Å². The van der Waals surface area contributed by atoms with Crippen LogP contribution in [0, 0.1) is 11.6 Å². The summed E-state index contributed by atoms with van der Waals surface area (Å²) in [4.78, 5) is 7.10. The fourth-order valence-corrected chi connectivity index (χ4v) is 3.87. The SMILES string of the molecule is COc1cc(OC)c(F)c(C(O)c2c[nH]c3ncc(-c4cnn(S(C)(=O)=O)c4)cc23)c1F. The molecule has 32 heavy (non-hydrogen) atoms. The normalized spacial score (nSPS) is 12.8. The summed E-state index contributed by atoms with van der Waals surface area (Å²) >= 11 is 0. The van der Waals surface area contributed by atoms with Crippen molar-refractivity contribution in [2.45, 2.75) is 6.10 Å². The smallest absolute Gasteiger partial charge is 0.250 e. The van der Waals surface area contributed by atoms with Gasteiger partial charge in [0, 0.05) is 40.5 Å². The van der Waals surface area contributed by atoms with Crippen molar-refractivity contribution in [2.75, 3.05) is 20.5 Å². The molecule has 2 N–H and O–H groups in total. The highest BCUT2D eigenvalue weighted by Crippen LogP contribution is 2.39. The number of aromatic nitrogens is 4. The van der Waals surface area contributed by atoms with Gasteiger partial charge in [-0.3, -0.25) is 0 Å². The summed E-state index contributed by atoms with van der Waals surface area (Å²) in [5, 5.41) is 15.1. The van der Waals surface area contributed by atoms with E-state index in [2.05, 4.69) is 15.1 Å². The second kappa shape index (κ2) is 7.88. The van der Waals surface area contributed by atoms with E-state index < -0.39 is 33.3 Å². The molecule has 0 amide bonds. The number of hydrogen-bond acceptors (Lipinski definition) is 7. The summed E-state index contributed by atoms with van der Waals surface area (Å²) in [7, 11) is -1.14. The summed E-state index contributed by atoms with van der Waals surface area (Å²) in [5.41, 5.74) is 0.806. The maximum Gasteiger partial charge on any atom is 0.250 e. The highest BCUT2D eigenvalue weighted by molar-refractivity contribution is 7.89. The van der Waals surface area contributed by atoms with Crippen molar-refractivity contribution < 1.29 is 31.8 Å². The van der Waals surface area contributed by atoms with E-state index in [1.165, 1.54) is 39.0 Å². The first-order valence-corrected chi connectivity index (χ1v) is 11.0. The molecule has 1 aromatic carbocycles. The van der Waals surface area contributed by atoms with Crippen molar-refractivity contribution in [3.63, 3.8) is 0 Å². The van der Waals surface area contributed by atoms with E-state index in [4.69, 9.17) is 9.47 Å². The third-order valence-corrected chi connectivity index (χ3v) is 5.85. The Balaban J connectivity index is 1.84. The Morgan fingerprint density at radius 1 is 1.09 bits per heavy atom. The first kappa shape index (κ1) is 21.7. The van der Waals surface area contributed by atoms with Crippen LogP contribution in [0.2, 0.25) is 0 Å². The number of halogens is 2. The fraction of sp³-hybridized carbons (Fsp3) is 0.200. The zero-order valence-electron chi connectivity index (χ0n) is 17.1. The number of rotatable bonds is 6. The van der Waals surface area contributed by atoms with E-state index in [0.29, 0.717) is 22.2 Å². The van der Waals surface area contributed by atoms with Crippen LogP contribution in [0.5, 0.6) is 11.5 Å². The molecule has 168 valence electrons. The number of fused-ring (bicyclic) bond motifs is 1. The topological polar surface area (TPSA) is 119 Å². The molecule has 0 radical (unpaired) electrons. The lowest BCUT2D eigenvalue weighted by molar-refractivity contribution is 0.206. The minimum absolute atomic E-state index is 0.151. The molecule has 1 unspecified atom stereocenters. The molecule has 1 atom stereocenters. The average molecular weight is 464 g/mol. The Hall–Kier alpha value is -3.51. The zero-order valence-corrected chi connectivity index (χ0v) is 17.9. The Kier molecular flexibility index (Phi) is 5.34. The van der Waals surface area contributed by atoms with Crippen LogP contribution >= 0.6 is 0 Å². The second-order valence-electron chi connectivity index (χ2n) is 6.95. The summed E-state index contributed by atoms with van der Waals surface area (Å²) in [6.07, 6.45) is 4.82. The number of H-pyrrole nitrogens is 1. The summed E-state index contributed by atoms with van der Waals surface area (Å²) in [6.45, 7) is 0. The largest absolute Gasteiger partial charge is 0.494 e. The van der Waals surface area contributed by atoms with Gasteiger partial charge in [0.25, 0.3) is 10.0 Å². The molecular weight excluding hydrogens is 446 g/mol. The Morgan fingerprint density at radius 2 is 1.75 bits per heavy atom. The number of nitrogens with zero attached hydrogens (tertiary/aromatic N) is 3. The average Bonchev–Trinajstić information content (AvgIpc) is 3.41. The standard InChI is InChI=1S/C20H18F2N4O5S/c1-30-14-5-15(31-2)18(22)16(17(14)21)19(27)13-8-24-20-12(13)4-10(6-23-20)11-7-25-26(9-11)32(3,28)29/h4-9,19,27H,1-3H3,(H,23,24). The number of ether oxygens (including phenoxy) is 2. The van der Waals surface area contributed by atoms with Crippen LogP contribution in [0.25, 0.3) is 22.2 Å². The van der Waals surface area contributed by atoms with Crippen molar-refractivity contribution >= 4 is 21.1 Å². The van der Waals surface area contributed by atoms with Gasteiger partial charge in [0.1, 0.15) is 11.8 Å². The maximum absolute atomic E-state index is 14.9. The molecule has 0 aliphatic heterocycles. The molecule has 0 saturated carbocycles. The van der Waals surface area contributed by atoms with Gasteiger partial charge >= 0.3 is 0 Å². The molecular formula is C20H18F2N4O5S. The quantitative estimate of drug-likeness (QED) is 0.450. The number of hydrogen-bond donors (Lipinski definition) is 2. The summed E-state index contributed by atoms with van der Waals surface area (Å²) < 4.78 is 63.8. The number of aromatic amines is 1. The maximum atomic E-state index is 14.9. The second-order valence-corrected chi connectivity index (χ2v) is 8.79. The Bertz CT molecular complexity index is 1400. The number of aliphatic hydroxyl groups excluding tert-OH is 1. The third kappa shape index (κ3) is 3.56. The molecule has 4 rings (SSSR count). The molecule has 3 heterocycles. The van der Waals surface area contributed by atoms with Crippen molar-refractivity contribution in [3.8, 4) is 22.6 Å². The predicted octanol–water partition coefficient (Wildman–Crippen LogP) is 2.61. The Labute approximate surface area is 181 Å². The highest BCUT2D eigenvalue weighted by Gasteiger charge is 2.28. The summed E-state index contributed by atoms with van der Waals surface area (Å²) in [5.74, 6) is -2.70. The number of nitrogens with one attached hydrogen (secondary N) is 1. The fourth-order valence-electron chi connectivity index (χ4n) is 3.34. The van der Waals surface area contributed by atoms with Crippen molar-refractivity contribution in [1.29, 1.82) is 0 Å². The zero-order chi connectivity index (χ0) is 23.2. The molecule has 3 aromatic heterocycles. The van der Waals surface area contributed by atoms with Crippen LogP contribution in [0.3, 0.4) is 0 Å². The molecule has 0 spiro atoms. The monoisotopic (exact) mass is 464 g/mol. The number of pyridine rings is 1. The minimum Gasteiger partial charge on any atom is -0.494 e. The van der Waals surface area contributed by atoms with Crippen LogP contribution in [-0.4, -0.2) is 53.2 Å². The lowest BCUT2D eigenvalue weighted by atomic mass is 9.98. The molecule has 0 bridgehead atoms. The van der Waals surface area contributed by atoms with Crippen LogP contribution < -0.4 is 9.47 Å². The lowest BCUT2D eigenvalue weighted by Crippen LogP contribution is -2.09. The van der Waals surface area contributed by atoms with Gasteiger partial charge in [-0.05, 0) is 6.07 Å². The molecule has 0 aliphatic carbocycles. The predicted molar refractivity (Wildman–Crippen MR) is 111 cm³/mol. The summed E-state index contributed by atoms with van der Waals surface area (Å²) in [6, 6.07) is 2.66. The molecule has 4 aromatic rings. The molecule has 0 aliphatic rings. The van der Waals surface area contributed by atoms with Gasteiger partial charge in [-0.1, -0.05) is 0 Å². The number of benzene rings is 1. The molecule has 0 fully saturated rings. The van der Waals surface area contributed by atoms with Gasteiger partial charge in [-0.15, -0.1) is 0 Å². The van der Waals surface area contributed by atoms with Gasteiger partial charge in [0.2, 0.25) is 0 Å². The van der Waals surface area contributed by atoms with Crippen LogP contribution in [0.1, 0.15) is 17.2 Å². The van der Waals surface area contributed by atoms with Crippen LogP contribution in [-0.2, 0) is 10.0 Å². The lowest BCUT2D eigenvalue weighted by Gasteiger charge is -2.17. The third-order valence-electron chi connectivity index (χ3n) is 4.97. The number of methoxy groups -OCH3 is 2. The van der Waals surface area contributed by atoms with E-state index >= 15 is 0 Å². The van der Waals surface area contributed by atoms with E-state index in [0.717, 1.165) is 16.4 Å². The van der Waals surface area contributed by atoms with Gasteiger partial charge in [-0.2, -0.15) is 9.19 Å².